The smallest absolute Gasteiger partial charge is 0.326 e. The van der Waals surface area contributed by atoms with E-state index in [0.717, 1.165) is 16.0 Å². The maximum atomic E-state index is 14.3. The van der Waals surface area contributed by atoms with E-state index in [0.29, 0.717) is 16.8 Å². The summed E-state index contributed by atoms with van der Waals surface area (Å²) in [5.41, 5.74) is 2.65. The van der Waals surface area contributed by atoms with Crippen LogP contribution in [0.25, 0.3) is 11.1 Å². The van der Waals surface area contributed by atoms with Crippen LogP contribution in [0.5, 0.6) is 0 Å². The Balaban J connectivity index is 1.49. The molecule has 1 aromatic heterocycles. The van der Waals surface area contributed by atoms with Crippen LogP contribution in [-0.4, -0.2) is 76.3 Å². The Morgan fingerprint density at radius 3 is 1.93 bits per heavy atom. The number of hydrogen-bond acceptors (Lipinski definition) is 9. The van der Waals surface area contributed by atoms with Crippen molar-refractivity contribution in [1.29, 1.82) is 0 Å². The summed E-state index contributed by atoms with van der Waals surface area (Å²) >= 11 is 1.38. The fourth-order valence-electron chi connectivity index (χ4n) is 6.37. The summed E-state index contributed by atoms with van der Waals surface area (Å²) in [6.07, 6.45) is -1.08. The molecule has 2 aliphatic heterocycles. The van der Waals surface area contributed by atoms with Crippen LogP contribution in [0.2, 0.25) is 0 Å². The number of thiophene rings is 1. The molecule has 2 bridgehead atoms. The minimum absolute atomic E-state index is 0.0412. The van der Waals surface area contributed by atoms with Gasteiger partial charge in [-0.15, -0.1) is 11.3 Å². The average Bonchev–Trinajstić information content (AvgIpc) is 3.71. The number of hydrogen-bond donors (Lipinski definition) is 6. The van der Waals surface area contributed by atoms with Crippen molar-refractivity contribution in [2.24, 2.45) is 0 Å². The number of benzene rings is 3. The number of aliphatic carboxylic acids is 1. The van der Waals surface area contributed by atoms with Gasteiger partial charge in [-0.25, -0.2) is 4.79 Å². The molecule has 6 rings (SSSR count). The van der Waals surface area contributed by atoms with Gasteiger partial charge in [0.15, 0.2) is 0 Å². The molecule has 4 atom stereocenters. The molecule has 15 heteroatoms. The second-order valence-corrected chi connectivity index (χ2v) is 16.3. The number of carbonyl (C=O) groups excluding carboxylic acids is 6. The van der Waals surface area contributed by atoms with Crippen LogP contribution in [0, 0.1) is 0 Å². The lowest BCUT2D eigenvalue weighted by molar-refractivity contribution is -0.155. The summed E-state index contributed by atoms with van der Waals surface area (Å²) in [4.78, 5) is 94.5. The van der Waals surface area contributed by atoms with Gasteiger partial charge < -0.3 is 36.4 Å². The lowest BCUT2D eigenvalue weighted by Gasteiger charge is -2.26. The third-order valence-corrected chi connectivity index (χ3v) is 10.2. The zero-order valence-electron chi connectivity index (χ0n) is 33.1. The van der Waals surface area contributed by atoms with Gasteiger partial charge in [0.05, 0.1) is 0 Å². The average molecular weight is 824 g/mol. The van der Waals surface area contributed by atoms with Gasteiger partial charge in [0.25, 0.3) is 0 Å². The predicted molar refractivity (Wildman–Crippen MR) is 222 cm³/mol. The number of amides is 5. The van der Waals surface area contributed by atoms with E-state index in [9.17, 15) is 38.7 Å². The van der Waals surface area contributed by atoms with Gasteiger partial charge in [0, 0.05) is 49.1 Å². The van der Waals surface area contributed by atoms with E-state index in [2.05, 4.69) is 26.6 Å². The number of fused-ring (bicyclic) bond motifs is 18. The summed E-state index contributed by atoms with van der Waals surface area (Å²) in [7, 11) is 0. The Morgan fingerprint density at radius 1 is 0.695 bits per heavy atom. The van der Waals surface area contributed by atoms with Crippen LogP contribution < -0.4 is 26.6 Å². The van der Waals surface area contributed by atoms with Gasteiger partial charge >= 0.3 is 11.9 Å². The van der Waals surface area contributed by atoms with Crippen LogP contribution in [0.4, 0.5) is 5.69 Å². The van der Waals surface area contributed by atoms with Crippen LogP contribution in [0.15, 0.2) is 96.4 Å². The molecule has 2 aliphatic rings. The standard InChI is InChI=1S/C44H49N5O9S/c1-44(2,3)58-39(52)22-19-33-40(53)49-36(43(56)57)25-28-13-17-31(18-14-28)45-37(50)20-21-38(51)46-35(26-32-10-7-23-59-32)42(55)48-34(41(54)47-33)24-27-11-15-30(16-12-27)29-8-5-4-6-9-29/h4-18,23,33-36H,19-22,24-26H2,1-3H3,(H,45,50)(H,46,51)(H,47,54)(H,48,55)(H,49,53)(H,56,57)/t33-,34-,35+,36+/m0/s1. The van der Waals surface area contributed by atoms with Crippen molar-refractivity contribution in [2.45, 2.75) is 95.5 Å². The van der Waals surface area contributed by atoms with Crippen LogP contribution >= 0.6 is 11.3 Å². The summed E-state index contributed by atoms with van der Waals surface area (Å²) in [5, 5.41) is 25.4. The van der Waals surface area contributed by atoms with E-state index < -0.39 is 71.2 Å². The summed E-state index contributed by atoms with van der Waals surface area (Å²) in [5.74, 6) is -5.35. The molecule has 0 unspecified atom stereocenters. The summed E-state index contributed by atoms with van der Waals surface area (Å²) < 4.78 is 5.44. The molecule has 6 N–H and O–H groups in total. The zero-order chi connectivity index (χ0) is 42.5. The van der Waals surface area contributed by atoms with E-state index in [4.69, 9.17) is 4.74 Å². The largest absolute Gasteiger partial charge is 0.480 e. The topological polar surface area (TPSA) is 209 Å². The van der Waals surface area contributed by atoms with Crippen molar-refractivity contribution in [3.8, 4) is 11.1 Å². The van der Waals surface area contributed by atoms with E-state index in [1.54, 1.807) is 57.2 Å². The van der Waals surface area contributed by atoms with Crippen LogP contribution in [-0.2, 0) is 57.6 Å². The molecule has 310 valence electrons. The Kier molecular flexibility index (Phi) is 15.1. The third kappa shape index (κ3) is 13.9. The SMILES string of the molecule is CC(C)(C)OC(=O)CC[C@@H]1NC(=O)[C@H](Cc2ccc(-c3ccccc3)cc2)NC(=O)[C@@H](Cc2cccs2)NC(=O)CCC(=O)Nc2ccc(cc2)C[C@H](C(=O)O)NC1=O. The van der Waals surface area contributed by atoms with E-state index in [1.807, 2.05) is 60.0 Å². The quantitative estimate of drug-likeness (QED) is 0.105. The summed E-state index contributed by atoms with van der Waals surface area (Å²) in [6.45, 7) is 5.06. The van der Waals surface area contributed by atoms with Crippen molar-refractivity contribution < 1.29 is 43.4 Å². The maximum absolute atomic E-state index is 14.3. The molecule has 14 nitrogen and oxygen atoms in total. The lowest BCUT2D eigenvalue weighted by atomic mass is 9.99. The molecule has 0 radical (unpaired) electrons. The van der Waals surface area contributed by atoms with Gasteiger partial charge in [-0.3, -0.25) is 28.8 Å². The molecule has 5 amide bonds. The van der Waals surface area contributed by atoms with Crippen molar-refractivity contribution in [3.63, 3.8) is 0 Å². The highest BCUT2D eigenvalue weighted by molar-refractivity contribution is 7.09. The molecule has 3 heterocycles. The van der Waals surface area contributed by atoms with Crippen molar-refractivity contribution in [3.05, 3.63) is 112 Å². The number of ether oxygens (including phenoxy) is 1. The van der Waals surface area contributed by atoms with Crippen LogP contribution in [0.1, 0.15) is 62.5 Å². The second-order valence-electron chi connectivity index (χ2n) is 15.3. The number of anilines is 1. The van der Waals surface area contributed by atoms with Gasteiger partial charge in [-0.2, -0.15) is 0 Å². The minimum Gasteiger partial charge on any atom is -0.480 e. The first-order valence-electron chi connectivity index (χ1n) is 19.3. The number of carboxylic acids is 1. The Labute approximate surface area is 346 Å². The highest BCUT2D eigenvalue weighted by Gasteiger charge is 2.33. The summed E-state index contributed by atoms with van der Waals surface area (Å²) in [6, 6.07) is 21.7. The zero-order valence-corrected chi connectivity index (χ0v) is 33.9. The monoisotopic (exact) mass is 823 g/mol. The molecular formula is C44H49N5O9S. The van der Waals surface area contributed by atoms with Crippen LogP contribution in [0.3, 0.4) is 0 Å². The highest BCUT2D eigenvalue weighted by Crippen LogP contribution is 2.21. The van der Waals surface area contributed by atoms with E-state index in [1.165, 1.54) is 11.3 Å². The number of carbonyl (C=O) groups is 7. The molecular weight excluding hydrogens is 775 g/mol. The fourth-order valence-corrected chi connectivity index (χ4v) is 7.12. The molecule has 3 aromatic carbocycles. The molecule has 0 saturated carbocycles. The van der Waals surface area contributed by atoms with Gasteiger partial charge in [-0.1, -0.05) is 72.8 Å². The first kappa shape index (κ1) is 43.8. The lowest BCUT2D eigenvalue weighted by Crippen LogP contribution is -2.58. The fraction of sp³-hybridized carbons (Fsp3) is 0.341. The van der Waals surface area contributed by atoms with E-state index >= 15 is 0 Å². The van der Waals surface area contributed by atoms with E-state index in [-0.39, 0.29) is 44.9 Å². The third-order valence-electron chi connectivity index (χ3n) is 9.33. The number of esters is 1. The Morgan fingerprint density at radius 2 is 1.31 bits per heavy atom. The van der Waals surface area contributed by atoms with Gasteiger partial charge in [0.2, 0.25) is 29.5 Å². The van der Waals surface area contributed by atoms with Crippen molar-refractivity contribution in [1.82, 2.24) is 21.3 Å². The molecule has 0 spiro atoms. The predicted octanol–water partition coefficient (Wildman–Crippen LogP) is 4.32. The molecule has 4 aromatic rings. The maximum Gasteiger partial charge on any atom is 0.326 e. The highest BCUT2D eigenvalue weighted by atomic mass is 32.1. The van der Waals surface area contributed by atoms with Crippen molar-refractivity contribution >= 4 is 58.5 Å². The number of rotatable bonds is 9. The molecule has 0 saturated heterocycles. The normalized spacial score (nSPS) is 19.9. The Bertz CT molecular complexity index is 2100. The number of carboxylic acid groups (broad SMARTS) is 1. The number of nitrogens with one attached hydrogen (secondary N) is 5. The second kappa shape index (κ2) is 20.4. The van der Waals surface area contributed by atoms with Crippen molar-refractivity contribution in [2.75, 3.05) is 5.32 Å². The van der Waals surface area contributed by atoms with Gasteiger partial charge in [-0.05, 0) is 73.0 Å². The molecule has 0 aliphatic carbocycles. The molecule has 0 fully saturated rings. The Hall–Kier alpha value is -6.35. The minimum atomic E-state index is -1.44. The first-order valence-corrected chi connectivity index (χ1v) is 20.2. The first-order chi connectivity index (χ1) is 28.1. The van der Waals surface area contributed by atoms with Gasteiger partial charge in [0.1, 0.15) is 29.8 Å². The molecule has 59 heavy (non-hydrogen) atoms.